The Bertz CT molecular complexity index is 543. The molecule has 0 saturated carbocycles. The van der Waals surface area contributed by atoms with E-state index >= 15 is 0 Å². The lowest BCUT2D eigenvalue weighted by atomic mass is 10.0. The first-order valence-corrected chi connectivity index (χ1v) is 6.89. The quantitative estimate of drug-likeness (QED) is 0.923. The molecule has 0 aliphatic rings. The van der Waals surface area contributed by atoms with Gasteiger partial charge in [0.25, 0.3) is 0 Å². The van der Waals surface area contributed by atoms with Crippen LogP contribution in [0.5, 0.6) is 0 Å². The van der Waals surface area contributed by atoms with Gasteiger partial charge in [0, 0.05) is 6.04 Å². The smallest absolute Gasteiger partial charge is 0.0837 e. The highest BCUT2D eigenvalue weighted by Gasteiger charge is 2.21. The molecule has 1 N–H and O–H groups in total. The van der Waals surface area contributed by atoms with Crippen LogP contribution in [0, 0.1) is 6.92 Å². The Kier molecular flexibility index (Phi) is 4.27. The van der Waals surface area contributed by atoms with Gasteiger partial charge in [0.1, 0.15) is 0 Å². The molecule has 0 radical (unpaired) electrons. The zero-order chi connectivity index (χ0) is 14.0. The number of halogens is 1. The lowest BCUT2D eigenvalue weighted by molar-refractivity contribution is 0.484. The van der Waals surface area contributed by atoms with Gasteiger partial charge in [-0.15, -0.1) is 0 Å². The summed E-state index contributed by atoms with van der Waals surface area (Å²) < 4.78 is 1.98. The molecule has 0 spiro atoms. The van der Waals surface area contributed by atoms with Crippen LogP contribution in [0.4, 0.5) is 0 Å². The van der Waals surface area contributed by atoms with Crippen LogP contribution in [0.15, 0.2) is 30.5 Å². The first-order valence-electron chi connectivity index (χ1n) is 6.51. The molecule has 2 aromatic rings. The molecule has 0 saturated heterocycles. The third-order valence-electron chi connectivity index (χ3n) is 3.25. The fourth-order valence-electron chi connectivity index (χ4n) is 2.25. The van der Waals surface area contributed by atoms with Gasteiger partial charge in [-0.1, -0.05) is 41.4 Å². The Labute approximate surface area is 119 Å². The number of benzene rings is 1. The molecule has 2 rings (SSSR count). The summed E-state index contributed by atoms with van der Waals surface area (Å²) in [6.07, 6.45) is 1.72. The molecule has 0 aliphatic carbocycles. The van der Waals surface area contributed by atoms with Crippen molar-refractivity contribution in [3.05, 3.63) is 52.3 Å². The van der Waals surface area contributed by atoms with Gasteiger partial charge in [-0.2, -0.15) is 5.10 Å². The van der Waals surface area contributed by atoms with Gasteiger partial charge < -0.3 is 5.32 Å². The maximum atomic E-state index is 6.32. The van der Waals surface area contributed by atoms with Crippen LogP contribution >= 0.6 is 11.6 Å². The molecular formula is C15H20ClN3. The summed E-state index contributed by atoms with van der Waals surface area (Å²) in [4.78, 5) is 0. The van der Waals surface area contributed by atoms with Crippen LogP contribution in [0.3, 0.4) is 0 Å². The van der Waals surface area contributed by atoms with Crippen LogP contribution < -0.4 is 5.32 Å². The van der Waals surface area contributed by atoms with Crippen molar-refractivity contribution in [2.45, 2.75) is 32.9 Å². The van der Waals surface area contributed by atoms with Crippen molar-refractivity contribution >= 4 is 11.6 Å². The number of nitrogens with one attached hydrogen (secondary N) is 1. The standard InChI is InChI=1S/C15H20ClN3/c1-10(2)19-15(13(16)9-18-19)14(17-4)12-7-5-11(3)6-8-12/h5-10,14,17H,1-4H3. The molecular weight excluding hydrogens is 258 g/mol. The van der Waals surface area contributed by atoms with Gasteiger partial charge in [0.2, 0.25) is 0 Å². The second-order valence-corrected chi connectivity index (χ2v) is 5.46. The summed E-state index contributed by atoms with van der Waals surface area (Å²) >= 11 is 6.32. The molecule has 1 atom stereocenters. The molecule has 3 nitrogen and oxygen atoms in total. The third-order valence-corrected chi connectivity index (χ3v) is 3.54. The second-order valence-electron chi connectivity index (χ2n) is 5.05. The first-order chi connectivity index (χ1) is 9.04. The van der Waals surface area contributed by atoms with Crippen molar-refractivity contribution < 1.29 is 0 Å². The maximum Gasteiger partial charge on any atom is 0.0837 e. The van der Waals surface area contributed by atoms with E-state index in [0.29, 0.717) is 5.02 Å². The van der Waals surface area contributed by atoms with Gasteiger partial charge in [-0.3, -0.25) is 4.68 Å². The number of hydrogen-bond donors (Lipinski definition) is 1. The Morgan fingerprint density at radius 3 is 2.37 bits per heavy atom. The maximum absolute atomic E-state index is 6.32. The van der Waals surface area contributed by atoms with Crippen molar-refractivity contribution in [1.82, 2.24) is 15.1 Å². The molecule has 1 aromatic heterocycles. The second kappa shape index (κ2) is 5.76. The minimum Gasteiger partial charge on any atom is -0.308 e. The van der Waals surface area contributed by atoms with Crippen molar-refractivity contribution in [1.29, 1.82) is 0 Å². The van der Waals surface area contributed by atoms with Crippen LogP contribution in [0.2, 0.25) is 5.02 Å². The Morgan fingerprint density at radius 2 is 1.84 bits per heavy atom. The van der Waals surface area contributed by atoms with E-state index in [1.54, 1.807) is 6.20 Å². The monoisotopic (exact) mass is 277 g/mol. The fraction of sp³-hybridized carbons (Fsp3) is 0.400. The van der Waals surface area contributed by atoms with Gasteiger partial charge in [-0.25, -0.2) is 0 Å². The summed E-state index contributed by atoms with van der Waals surface area (Å²) in [5, 5.41) is 8.41. The van der Waals surface area contributed by atoms with Crippen LogP contribution in [-0.4, -0.2) is 16.8 Å². The van der Waals surface area contributed by atoms with Crippen molar-refractivity contribution in [3.63, 3.8) is 0 Å². The van der Waals surface area contributed by atoms with E-state index in [1.807, 2.05) is 11.7 Å². The summed E-state index contributed by atoms with van der Waals surface area (Å²) in [6, 6.07) is 8.82. The SMILES string of the molecule is CNC(c1ccc(C)cc1)c1c(Cl)cnn1C(C)C. The third kappa shape index (κ3) is 2.82. The van der Waals surface area contributed by atoms with E-state index in [4.69, 9.17) is 11.6 Å². The minimum atomic E-state index is 0.0537. The summed E-state index contributed by atoms with van der Waals surface area (Å²) in [7, 11) is 1.94. The highest BCUT2D eigenvalue weighted by atomic mass is 35.5. The molecule has 0 aliphatic heterocycles. The van der Waals surface area contributed by atoms with E-state index in [9.17, 15) is 0 Å². The molecule has 0 bridgehead atoms. The van der Waals surface area contributed by atoms with Crippen LogP contribution in [0.1, 0.15) is 42.8 Å². The van der Waals surface area contributed by atoms with Crippen molar-refractivity contribution in [3.8, 4) is 0 Å². The highest BCUT2D eigenvalue weighted by Crippen LogP contribution is 2.30. The zero-order valence-corrected chi connectivity index (χ0v) is 12.6. The van der Waals surface area contributed by atoms with Crippen molar-refractivity contribution in [2.75, 3.05) is 7.05 Å². The predicted molar refractivity (Wildman–Crippen MR) is 79.7 cm³/mol. The number of aryl methyl sites for hydroxylation is 1. The van der Waals surface area contributed by atoms with Crippen LogP contribution in [0.25, 0.3) is 0 Å². The highest BCUT2D eigenvalue weighted by molar-refractivity contribution is 6.31. The van der Waals surface area contributed by atoms with E-state index in [2.05, 4.69) is 55.5 Å². The first kappa shape index (κ1) is 14.1. The van der Waals surface area contributed by atoms with E-state index in [1.165, 1.54) is 11.1 Å². The lowest BCUT2D eigenvalue weighted by Gasteiger charge is -2.21. The minimum absolute atomic E-state index is 0.0537. The average molecular weight is 278 g/mol. The number of nitrogens with zero attached hydrogens (tertiary/aromatic N) is 2. The number of aromatic nitrogens is 2. The van der Waals surface area contributed by atoms with Gasteiger partial charge in [-0.05, 0) is 33.4 Å². The molecule has 4 heteroatoms. The lowest BCUT2D eigenvalue weighted by Crippen LogP contribution is -2.22. The molecule has 1 unspecified atom stereocenters. The number of hydrogen-bond acceptors (Lipinski definition) is 2. The normalized spacial score (nSPS) is 12.9. The van der Waals surface area contributed by atoms with Gasteiger partial charge >= 0.3 is 0 Å². The fourth-order valence-corrected chi connectivity index (χ4v) is 2.49. The zero-order valence-electron chi connectivity index (χ0n) is 11.8. The summed E-state index contributed by atoms with van der Waals surface area (Å²) in [6.45, 7) is 6.30. The van der Waals surface area contributed by atoms with Crippen molar-refractivity contribution in [2.24, 2.45) is 0 Å². The summed E-state index contributed by atoms with van der Waals surface area (Å²) in [5.74, 6) is 0. The Morgan fingerprint density at radius 1 is 1.21 bits per heavy atom. The molecule has 19 heavy (non-hydrogen) atoms. The number of rotatable bonds is 4. The van der Waals surface area contributed by atoms with E-state index in [-0.39, 0.29) is 12.1 Å². The Hall–Kier alpha value is -1.32. The van der Waals surface area contributed by atoms with Crippen LogP contribution in [-0.2, 0) is 0 Å². The van der Waals surface area contributed by atoms with E-state index < -0.39 is 0 Å². The average Bonchev–Trinajstić information content (AvgIpc) is 2.75. The molecule has 0 fully saturated rings. The topological polar surface area (TPSA) is 29.9 Å². The molecule has 102 valence electrons. The van der Waals surface area contributed by atoms with Gasteiger partial charge in [0.05, 0.1) is 23.0 Å². The largest absolute Gasteiger partial charge is 0.308 e. The Balaban J connectivity index is 2.47. The molecule has 1 heterocycles. The van der Waals surface area contributed by atoms with Gasteiger partial charge in [0.15, 0.2) is 0 Å². The summed E-state index contributed by atoms with van der Waals surface area (Å²) in [5.41, 5.74) is 3.46. The molecule has 1 aromatic carbocycles. The van der Waals surface area contributed by atoms with E-state index in [0.717, 1.165) is 5.69 Å². The molecule has 0 amide bonds. The predicted octanol–water partition coefficient (Wildman–Crippen LogP) is 3.73.